The first-order valence-corrected chi connectivity index (χ1v) is 19.3. The van der Waals surface area contributed by atoms with E-state index in [1.807, 2.05) is 42.6 Å². The molecule has 9 rings (SSSR count). The van der Waals surface area contributed by atoms with Gasteiger partial charge in [0, 0.05) is 37.1 Å². The Balaban J connectivity index is 0.992. The molecule has 288 valence electrons. The summed E-state index contributed by atoms with van der Waals surface area (Å²) in [4.78, 5) is 46.1. The molecule has 0 spiro atoms. The van der Waals surface area contributed by atoms with Crippen LogP contribution < -0.4 is 4.74 Å². The van der Waals surface area contributed by atoms with Crippen LogP contribution in [-0.4, -0.2) is 73.8 Å². The molecule has 3 atom stereocenters. The average Bonchev–Trinajstić information content (AvgIpc) is 4.02. The van der Waals surface area contributed by atoms with Crippen LogP contribution in [-0.2, 0) is 28.2 Å². The lowest BCUT2D eigenvalue weighted by Gasteiger charge is -2.45. The van der Waals surface area contributed by atoms with Gasteiger partial charge in [0.05, 0.1) is 35.6 Å². The predicted molar refractivity (Wildman–Crippen MR) is 212 cm³/mol. The van der Waals surface area contributed by atoms with Gasteiger partial charge in [0.15, 0.2) is 0 Å². The summed E-state index contributed by atoms with van der Waals surface area (Å²) in [5.74, 6) is 2.26. The van der Waals surface area contributed by atoms with E-state index in [2.05, 4.69) is 67.1 Å². The fourth-order valence-electron chi connectivity index (χ4n) is 9.27. The van der Waals surface area contributed by atoms with Crippen molar-refractivity contribution in [3.05, 3.63) is 102 Å². The molecule has 12 heteroatoms. The van der Waals surface area contributed by atoms with Crippen molar-refractivity contribution in [2.24, 2.45) is 11.3 Å². The predicted octanol–water partition coefficient (Wildman–Crippen LogP) is 9.03. The molecule has 5 heterocycles. The number of ether oxygens (including phenoxy) is 3. The first-order chi connectivity index (χ1) is 27.0. The van der Waals surface area contributed by atoms with Crippen molar-refractivity contribution in [2.75, 3.05) is 26.8 Å². The van der Waals surface area contributed by atoms with Crippen molar-refractivity contribution in [2.45, 2.75) is 64.8 Å². The maximum Gasteiger partial charge on any atom is 0.410 e. The summed E-state index contributed by atoms with van der Waals surface area (Å²) in [5, 5.41) is 12.4. The van der Waals surface area contributed by atoms with Crippen LogP contribution >= 0.6 is 0 Å². The van der Waals surface area contributed by atoms with Crippen molar-refractivity contribution in [1.82, 2.24) is 29.7 Å². The minimum Gasteiger partial charge on any atom is -0.488 e. The highest BCUT2D eigenvalue weighted by molar-refractivity contribution is 6.07. The molecule has 3 N–H and O–H groups in total. The second kappa shape index (κ2) is 13.7. The molecule has 3 aliphatic heterocycles. The molecule has 3 aliphatic rings. The van der Waals surface area contributed by atoms with Crippen LogP contribution in [0.4, 0.5) is 9.59 Å². The largest absolute Gasteiger partial charge is 0.488 e. The molecule has 0 saturated carbocycles. The van der Waals surface area contributed by atoms with E-state index in [0.29, 0.717) is 38.5 Å². The number of nitrogens with one attached hydrogen (secondary N) is 2. The molecule has 0 unspecified atom stereocenters. The minimum atomic E-state index is -0.959. The highest BCUT2D eigenvalue weighted by Crippen LogP contribution is 2.52. The Labute approximate surface area is 324 Å². The van der Waals surface area contributed by atoms with Gasteiger partial charge in [-0.05, 0) is 76.6 Å². The molecular formula is C44H46N6O6. The number of carbonyl (C=O) groups is 2. The lowest BCUT2D eigenvalue weighted by Crippen LogP contribution is -2.53. The molecule has 2 aromatic heterocycles. The highest BCUT2D eigenvalue weighted by Gasteiger charge is 2.58. The van der Waals surface area contributed by atoms with E-state index in [0.717, 1.165) is 79.7 Å². The van der Waals surface area contributed by atoms with Gasteiger partial charge in [-0.3, -0.25) is 9.80 Å². The Morgan fingerprint density at radius 2 is 1.88 bits per heavy atom. The van der Waals surface area contributed by atoms with Gasteiger partial charge >= 0.3 is 12.2 Å². The number of nitrogens with zero attached hydrogens (tertiary/aromatic N) is 4. The third-order valence-corrected chi connectivity index (χ3v) is 12.0. The Morgan fingerprint density at radius 1 is 1.04 bits per heavy atom. The number of hydrogen-bond acceptors (Lipinski definition) is 7. The highest BCUT2D eigenvalue weighted by atomic mass is 16.6. The standard InChI is InChI=1S/C44H46N6O6/c1-43(2,3)44(20-27(23-54-4)22-50(44)41(51)52)40-45-21-35(47-40)29-12-14-31-30(17-29)25-55-37-19-32-28(18-33(31)37)13-15-34-38(32)48-39(46-34)36-11-8-16-49(36)42(53)56-24-26-9-6-5-7-10-26/h5-7,9-10,12-15,17-19,21,27,36H,8,11,16,20,22-25H2,1-4H3,(H,45,47)(H,46,48)(H,51,52)/t27-,36-,44+/m0/s1. The van der Waals surface area contributed by atoms with Gasteiger partial charge in [0.2, 0.25) is 0 Å². The normalized spacial score (nSPS) is 20.6. The molecular weight excluding hydrogens is 709 g/mol. The van der Waals surface area contributed by atoms with Crippen LogP contribution in [0, 0.1) is 11.3 Å². The molecule has 0 bridgehead atoms. The first kappa shape index (κ1) is 35.8. The summed E-state index contributed by atoms with van der Waals surface area (Å²) in [6, 6.07) is 24.2. The third kappa shape index (κ3) is 5.94. The van der Waals surface area contributed by atoms with Crippen LogP contribution in [0.3, 0.4) is 0 Å². The molecule has 0 radical (unpaired) electrons. The number of amides is 2. The van der Waals surface area contributed by atoms with Crippen LogP contribution in [0.25, 0.3) is 44.2 Å². The Hall–Kier alpha value is -5.88. The third-order valence-electron chi connectivity index (χ3n) is 12.0. The number of rotatable bonds is 7. The Kier molecular flexibility index (Phi) is 8.76. The van der Waals surface area contributed by atoms with Crippen molar-refractivity contribution in [1.29, 1.82) is 0 Å². The van der Waals surface area contributed by atoms with E-state index in [1.165, 1.54) is 0 Å². The van der Waals surface area contributed by atoms with E-state index in [4.69, 9.17) is 24.2 Å². The number of benzene rings is 4. The van der Waals surface area contributed by atoms with Crippen LogP contribution in [0.2, 0.25) is 0 Å². The van der Waals surface area contributed by atoms with E-state index >= 15 is 0 Å². The molecule has 12 nitrogen and oxygen atoms in total. The zero-order valence-corrected chi connectivity index (χ0v) is 32.1. The van der Waals surface area contributed by atoms with Gasteiger partial charge in [-0.1, -0.05) is 69.3 Å². The van der Waals surface area contributed by atoms with E-state index in [9.17, 15) is 14.7 Å². The molecule has 6 aromatic rings. The molecule has 4 aromatic carbocycles. The number of hydrogen-bond donors (Lipinski definition) is 3. The van der Waals surface area contributed by atoms with Crippen molar-refractivity contribution >= 4 is 34.0 Å². The zero-order chi connectivity index (χ0) is 38.8. The maximum absolute atomic E-state index is 13.2. The van der Waals surface area contributed by atoms with Gasteiger partial charge in [-0.15, -0.1) is 0 Å². The number of H-pyrrole nitrogens is 2. The quantitative estimate of drug-likeness (QED) is 0.146. The van der Waals surface area contributed by atoms with E-state index in [1.54, 1.807) is 16.9 Å². The summed E-state index contributed by atoms with van der Waals surface area (Å²) in [6.45, 7) is 8.34. The minimum absolute atomic E-state index is 0.0612. The summed E-state index contributed by atoms with van der Waals surface area (Å²) in [5.41, 5.74) is 6.35. The average molecular weight is 755 g/mol. The summed E-state index contributed by atoms with van der Waals surface area (Å²) >= 11 is 0. The molecule has 0 aliphatic carbocycles. The van der Waals surface area contributed by atoms with Gasteiger partial charge in [0.1, 0.15) is 36.2 Å². The Bertz CT molecular complexity index is 2470. The maximum atomic E-state index is 13.2. The fourth-order valence-corrected chi connectivity index (χ4v) is 9.27. The second-order valence-electron chi connectivity index (χ2n) is 16.4. The fraction of sp³-hybridized carbons (Fsp3) is 0.364. The summed E-state index contributed by atoms with van der Waals surface area (Å²) in [6.07, 6.45) is 2.82. The lowest BCUT2D eigenvalue weighted by molar-refractivity contribution is 0.0213. The summed E-state index contributed by atoms with van der Waals surface area (Å²) in [7, 11) is 1.65. The smallest absolute Gasteiger partial charge is 0.410 e. The van der Waals surface area contributed by atoms with Gasteiger partial charge in [-0.2, -0.15) is 0 Å². The van der Waals surface area contributed by atoms with Gasteiger partial charge in [0.25, 0.3) is 0 Å². The second-order valence-corrected chi connectivity index (χ2v) is 16.4. The topological polar surface area (TPSA) is 146 Å². The lowest BCUT2D eigenvalue weighted by atomic mass is 9.70. The van der Waals surface area contributed by atoms with Crippen LogP contribution in [0.1, 0.15) is 68.9 Å². The number of carbonyl (C=O) groups excluding carboxylic acids is 1. The van der Waals surface area contributed by atoms with Crippen LogP contribution in [0.15, 0.2) is 79.0 Å². The van der Waals surface area contributed by atoms with Crippen molar-refractivity contribution in [3.8, 4) is 28.1 Å². The molecule has 2 saturated heterocycles. The monoisotopic (exact) mass is 754 g/mol. The number of aromatic nitrogens is 4. The number of fused-ring (bicyclic) bond motifs is 6. The number of imidazole rings is 2. The summed E-state index contributed by atoms with van der Waals surface area (Å²) < 4.78 is 17.6. The first-order valence-electron chi connectivity index (χ1n) is 19.3. The number of likely N-dealkylation sites (tertiary alicyclic amines) is 2. The molecule has 2 fully saturated rings. The SMILES string of the molecule is COC[C@@H]1CN(C(=O)O)[C@](c2ncc(-c3ccc4c(c3)COc3cc5c(ccc6nc([C@@H]7CCCN7C(=O)OCc7ccccc7)[nH]c65)cc3-4)[nH]2)(C(C)(C)C)C1. The van der Waals surface area contributed by atoms with E-state index in [-0.39, 0.29) is 24.7 Å². The zero-order valence-electron chi connectivity index (χ0n) is 32.1. The van der Waals surface area contributed by atoms with Crippen LogP contribution in [0.5, 0.6) is 5.75 Å². The molecule has 2 amide bonds. The van der Waals surface area contributed by atoms with Gasteiger partial charge < -0.3 is 29.3 Å². The van der Waals surface area contributed by atoms with Crippen molar-refractivity contribution in [3.63, 3.8) is 0 Å². The number of carboxylic acid groups (broad SMARTS) is 1. The van der Waals surface area contributed by atoms with Gasteiger partial charge in [-0.25, -0.2) is 19.6 Å². The number of methoxy groups -OCH3 is 1. The van der Waals surface area contributed by atoms with Crippen molar-refractivity contribution < 1.29 is 28.9 Å². The van der Waals surface area contributed by atoms with E-state index < -0.39 is 17.0 Å². The Morgan fingerprint density at radius 3 is 2.66 bits per heavy atom. The molecule has 56 heavy (non-hydrogen) atoms. The number of aromatic amines is 2.